The number of fused-ring (bicyclic) bond motifs is 2. The maximum atomic E-state index is 12.7. The number of benzene rings is 1. The van der Waals surface area contributed by atoms with Crippen LogP contribution in [0.4, 0.5) is 0 Å². The van der Waals surface area contributed by atoms with Crippen LogP contribution in [0.3, 0.4) is 0 Å². The van der Waals surface area contributed by atoms with E-state index in [0.29, 0.717) is 24.7 Å². The Kier molecular flexibility index (Phi) is 7.67. The van der Waals surface area contributed by atoms with Crippen LogP contribution in [0, 0.1) is 5.92 Å². The number of carbonyl (C=O) groups is 3. The van der Waals surface area contributed by atoms with Crippen molar-refractivity contribution < 1.29 is 29.7 Å². The third-order valence-electron chi connectivity index (χ3n) is 6.03. The van der Waals surface area contributed by atoms with Crippen molar-refractivity contribution in [1.29, 1.82) is 0 Å². The van der Waals surface area contributed by atoms with Crippen LogP contribution in [-0.2, 0) is 20.8 Å². The number of hydrogen-bond donors (Lipinski definition) is 5. The van der Waals surface area contributed by atoms with E-state index in [1.54, 1.807) is 0 Å². The van der Waals surface area contributed by atoms with E-state index < -0.39 is 11.9 Å². The number of carboxylic acids is 2. The Hall–Kier alpha value is -3.43. The second-order valence-electron chi connectivity index (χ2n) is 8.24. The van der Waals surface area contributed by atoms with Gasteiger partial charge in [-0.05, 0) is 42.7 Å². The van der Waals surface area contributed by atoms with Crippen molar-refractivity contribution in [1.82, 2.24) is 15.2 Å². The fourth-order valence-corrected chi connectivity index (χ4v) is 4.34. The van der Waals surface area contributed by atoms with Gasteiger partial charge in [0.15, 0.2) is 0 Å². The molecular formula is C24H29N3O6. The normalized spacial score (nSPS) is 20.4. The second-order valence-corrected chi connectivity index (χ2v) is 8.24. The van der Waals surface area contributed by atoms with Gasteiger partial charge in [0.2, 0.25) is 5.91 Å². The second kappa shape index (κ2) is 10.5. The van der Waals surface area contributed by atoms with E-state index in [4.69, 9.17) is 10.2 Å². The van der Waals surface area contributed by atoms with E-state index in [-0.39, 0.29) is 24.5 Å². The van der Waals surface area contributed by atoms with Gasteiger partial charge in [0.05, 0.1) is 18.6 Å². The Morgan fingerprint density at radius 3 is 2.55 bits per heavy atom. The molecule has 1 aromatic carbocycles. The Labute approximate surface area is 191 Å². The lowest BCUT2D eigenvalue weighted by Gasteiger charge is -2.39. The van der Waals surface area contributed by atoms with E-state index >= 15 is 0 Å². The number of likely N-dealkylation sites (N-methyl/N-ethyl adjacent to an activating group) is 1. The predicted octanol–water partition coefficient (Wildman–Crippen LogP) is 1.64. The third-order valence-corrected chi connectivity index (χ3v) is 6.03. The fraction of sp³-hybridized carbons (Fsp3) is 0.375. The Balaban J connectivity index is 0.000000331. The number of aliphatic hydroxyl groups excluding tert-OH is 1. The SMILES string of the molecule is CC[C@@H](CO)NC(=O)[C@@H]1C=C2c3cccc4[nH]cc(c34)C[C@H]2N(C)C1.O=C(O)C=CC(=O)O. The van der Waals surface area contributed by atoms with Crippen molar-refractivity contribution in [2.24, 2.45) is 5.92 Å². The summed E-state index contributed by atoms with van der Waals surface area (Å²) in [5, 5.41) is 29.2. The molecule has 33 heavy (non-hydrogen) atoms. The zero-order chi connectivity index (χ0) is 24.1. The van der Waals surface area contributed by atoms with Crippen LogP contribution < -0.4 is 5.32 Å². The van der Waals surface area contributed by atoms with Crippen molar-refractivity contribution in [2.75, 3.05) is 20.2 Å². The molecule has 0 radical (unpaired) electrons. The summed E-state index contributed by atoms with van der Waals surface area (Å²) in [5.74, 6) is -2.70. The van der Waals surface area contributed by atoms with Gasteiger partial charge < -0.3 is 25.6 Å². The van der Waals surface area contributed by atoms with E-state index in [0.717, 1.165) is 18.4 Å². The van der Waals surface area contributed by atoms with E-state index in [1.165, 1.54) is 22.1 Å². The van der Waals surface area contributed by atoms with Gasteiger partial charge >= 0.3 is 11.9 Å². The van der Waals surface area contributed by atoms with Gasteiger partial charge in [0, 0.05) is 41.8 Å². The fourth-order valence-electron chi connectivity index (χ4n) is 4.34. The van der Waals surface area contributed by atoms with E-state index in [2.05, 4.69) is 52.7 Å². The molecule has 2 heterocycles. The predicted molar refractivity (Wildman–Crippen MR) is 124 cm³/mol. The number of nitrogens with zero attached hydrogens (tertiary/aromatic N) is 1. The molecule has 1 aromatic heterocycles. The molecule has 1 aliphatic heterocycles. The van der Waals surface area contributed by atoms with Crippen LogP contribution in [0.25, 0.3) is 16.5 Å². The average molecular weight is 456 g/mol. The zero-order valence-electron chi connectivity index (χ0n) is 18.6. The number of carboxylic acid groups (broad SMARTS) is 2. The molecule has 9 nitrogen and oxygen atoms in total. The summed E-state index contributed by atoms with van der Waals surface area (Å²) >= 11 is 0. The maximum absolute atomic E-state index is 12.7. The standard InChI is InChI=1S/C20H25N3O2.C4H4O4/c1-3-14(11-24)22-20(25)13-7-16-15-5-4-6-17-19(15)12(9-21-17)8-18(16)23(2)10-13;5-3(6)1-2-4(7)8/h4-7,9,13-14,18,21,24H,3,8,10-11H2,1-2H3,(H,22,25);1-2H,(H,5,6)(H,7,8)/t13-,14+,18-;/m1./s1. The molecule has 5 N–H and O–H groups in total. The molecule has 2 aliphatic rings. The largest absolute Gasteiger partial charge is 0.478 e. The lowest BCUT2D eigenvalue weighted by atomic mass is 9.80. The molecule has 0 fully saturated rings. The van der Waals surface area contributed by atoms with Crippen LogP contribution in [0.15, 0.2) is 42.6 Å². The highest BCUT2D eigenvalue weighted by molar-refractivity contribution is 5.99. The van der Waals surface area contributed by atoms with Gasteiger partial charge in [0.1, 0.15) is 0 Å². The number of aliphatic carboxylic acids is 2. The molecule has 3 atom stereocenters. The quantitative estimate of drug-likeness (QED) is 0.417. The van der Waals surface area contributed by atoms with Crippen LogP contribution in [-0.4, -0.2) is 75.3 Å². The van der Waals surface area contributed by atoms with Gasteiger partial charge in [-0.15, -0.1) is 0 Å². The van der Waals surface area contributed by atoms with Crippen molar-refractivity contribution in [3.05, 3.63) is 53.8 Å². The minimum absolute atomic E-state index is 0.00532. The first kappa shape index (κ1) is 24.2. The molecule has 9 heteroatoms. The molecule has 0 saturated carbocycles. The minimum Gasteiger partial charge on any atom is -0.478 e. The Morgan fingerprint density at radius 2 is 1.94 bits per heavy atom. The molecule has 0 bridgehead atoms. The number of H-pyrrole nitrogens is 1. The average Bonchev–Trinajstić information content (AvgIpc) is 3.21. The lowest BCUT2D eigenvalue weighted by Crippen LogP contribution is -2.48. The summed E-state index contributed by atoms with van der Waals surface area (Å²) in [6, 6.07) is 6.49. The third kappa shape index (κ3) is 5.50. The highest BCUT2D eigenvalue weighted by atomic mass is 16.4. The summed E-state index contributed by atoms with van der Waals surface area (Å²) in [4.78, 5) is 37.4. The number of aromatic nitrogens is 1. The number of aliphatic hydroxyl groups is 1. The Bertz CT molecular complexity index is 1080. The van der Waals surface area contributed by atoms with E-state index in [1.807, 2.05) is 6.92 Å². The van der Waals surface area contributed by atoms with E-state index in [9.17, 15) is 19.5 Å². The van der Waals surface area contributed by atoms with Crippen molar-refractivity contribution in [2.45, 2.75) is 31.8 Å². The monoisotopic (exact) mass is 455 g/mol. The van der Waals surface area contributed by atoms with Crippen molar-refractivity contribution >= 4 is 34.3 Å². The Morgan fingerprint density at radius 1 is 1.24 bits per heavy atom. The lowest BCUT2D eigenvalue weighted by molar-refractivity contribution is -0.134. The molecular weight excluding hydrogens is 426 g/mol. The molecule has 4 rings (SSSR count). The molecule has 0 spiro atoms. The molecule has 0 unspecified atom stereocenters. The molecule has 2 aromatic rings. The van der Waals surface area contributed by atoms with Crippen molar-refractivity contribution in [3.8, 4) is 0 Å². The van der Waals surface area contributed by atoms with Crippen LogP contribution >= 0.6 is 0 Å². The van der Waals surface area contributed by atoms with Gasteiger partial charge in [-0.1, -0.05) is 25.1 Å². The summed E-state index contributed by atoms with van der Waals surface area (Å²) in [6.07, 6.45) is 7.09. The summed E-state index contributed by atoms with van der Waals surface area (Å²) in [6.45, 7) is 2.66. The molecule has 1 aliphatic carbocycles. The minimum atomic E-state index is -1.26. The first-order valence-electron chi connectivity index (χ1n) is 10.8. The number of nitrogens with one attached hydrogen (secondary N) is 2. The number of rotatable bonds is 6. The zero-order valence-corrected chi connectivity index (χ0v) is 18.6. The number of hydrogen-bond acceptors (Lipinski definition) is 5. The summed E-state index contributed by atoms with van der Waals surface area (Å²) in [5.41, 5.74) is 5.01. The number of carbonyl (C=O) groups excluding carboxylic acids is 1. The van der Waals surface area contributed by atoms with Crippen LogP contribution in [0.5, 0.6) is 0 Å². The van der Waals surface area contributed by atoms with Crippen molar-refractivity contribution in [3.63, 3.8) is 0 Å². The first-order chi connectivity index (χ1) is 15.7. The summed E-state index contributed by atoms with van der Waals surface area (Å²) < 4.78 is 0. The topological polar surface area (TPSA) is 143 Å². The van der Waals surface area contributed by atoms with Crippen LogP contribution in [0.1, 0.15) is 24.5 Å². The molecule has 1 amide bonds. The molecule has 176 valence electrons. The first-order valence-corrected chi connectivity index (χ1v) is 10.8. The van der Waals surface area contributed by atoms with Gasteiger partial charge in [-0.25, -0.2) is 9.59 Å². The van der Waals surface area contributed by atoms with Gasteiger partial charge in [-0.3, -0.25) is 9.69 Å². The maximum Gasteiger partial charge on any atom is 0.328 e. The smallest absolute Gasteiger partial charge is 0.328 e. The number of aromatic amines is 1. The highest BCUT2D eigenvalue weighted by Gasteiger charge is 2.35. The number of amides is 1. The molecule has 0 saturated heterocycles. The highest BCUT2D eigenvalue weighted by Crippen LogP contribution is 2.40. The van der Waals surface area contributed by atoms with Gasteiger partial charge in [-0.2, -0.15) is 0 Å². The van der Waals surface area contributed by atoms with Crippen LogP contribution in [0.2, 0.25) is 0 Å². The summed E-state index contributed by atoms with van der Waals surface area (Å²) in [7, 11) is 2.10. The van der Waals surface area contributed by atoms with Gasteiger partial charge in [0.25, 0.3) is 0 Å².